The Bertz CT molecular complexity index is 575. The summed E-state index contributed by atoms with van der Waals surface area (Å²) in [6, 6.07) is 4.61. The number of nitrogens with zero attached hydrogens (tertiary/aromatic N) is 2. The van der Waals surface area contributed by atoms with Crippen LogP contribution < -0.4 is 10.1 Å². The summed E-state index contributed by atoms with van der Waals surface area (Å²) in [5, 5.41) is 2.57. The molecule has 94 valence electrons. The van der Waals surface area contributed by atoms with Crippen LogP contribution in [0.4, 0.5) is 14.6 Å². The number of rotatable bonds is 3. The van der Waals surface area contributed by atoms with Gasteiger partial charge in [0.1, 0.15) is 0 Å². The van der Waals surface area contributed by atoms with E-state index < -0.39 is 11.6 Å². The van der Waals surface area contributed by atoms with Crippen LogP contribution in [-0.2, 0) is 0 Å². The fraction of sp³-hybridized carbons (Fsp3) is 0.167. The van der Waals surface area contributed by atoms with E-state index in [1.54, 1.807) is 6.07 Å². The van der Waals surface area contributed by atoms with Crippen molar-refractivity contribution in [1.82, 2.24) is 9.97 Å². The van der Waals surface area contributed by atoms with Crippen molar-refractivity contribution in [2.45, 2.75) is 0 Å². The molecule has 0 unspecified atom stereocenters. The van der Waals surface area contributed by atoms with Gasteiger partial charge in [-0.05, 0) is 12.1 Å². The smallest absolute Gasteiger partial charge is 0.183 e. The van der Waals surface area contributed by atoms with Crippen LogP contribution in [0.25, 0.3) is 11.4 Å². The molecular weight excluding hydrogens is 240 g/mol. The Kier molecular flexibility index (Phi) is 3.36. The standard InChI is InChI=1S/C12H11F2N3O/c1-15-12-8(13)6-16-11(17-12)7-4-3-5-9(18-2)10(7)14/h3-6H,1-2H3,(H,15,16,17). The van der Waals surface area contributed by atoms with Crippen molar-refractivity contribution in [3.05, 3.63) is 36.0 Å². The Morgan fingerprint density at radius 2 is 2.06 bits per heavy atom. The molecule has 0 radical (unpaired) electrons. The minimum Gasteiger partial charge on any atom is -0.494 e. The topological polar surface area (TPSA) is 47.0 Å². The van der Waals surface area contributed by atoms with E-state index in [9.17, 15) is 8.78 Å². The van der Waals surface area contributed by atoms with Gasteiger partial charge in [-0.2, -0.15) is 0 Å². The molecule has 2 rings (SSSR count). The van der Waals surface area contributed by atoms with Crippen LogP contribution in [0, 0.1) is 11.6 Å². The van der Waals surface area contributed by atoms with E-state index in [2.05, 4.69) is 15.3 Å². The molecule has 6 heteroatoms. The van der Waals surface area contributed by atoms with Gasteiger partial charge in [0.05, 0.1) is 18.9 Å². The number of ether oxygens (including phenoxy) is 1. The predicted octanol–water partition coefficient (Wildman–Crippen LogP) is 2.47. The molecule has 0 aliphatic rings. The summed E-state index contributed by atoms with van der Waals surface area (Å²) in [6.07, 6.45) is 0.993. The van der Waals surface area contributed by atoms with E-state index in [4.69, 9.17) is 4.74 Å². The molecule has 1 N–H and O–H groups in total. The van der Waals surface area contributed by atoms with Gasteiger partial charge in [0, 0.05) is 7.05 Å². The van der Waals surface area contributed by atoms with Crippen molar-refractivity contribution >= 4 is 5.82 Å². The molecule has 0 saturated heterocycles. The molecule has 0 bridgehead atoms. The molecule has 1 aromatic carbocycles. The van der Waals surface area contributed by atoms with Crippen LogP contribution in [-0.4, -0.2) is 24.1 Å². The van der Waals surface area contributed by atoms with Gasteiger partial charge in [-0.3, -0.25) is 0 Å². The molecule has 0 fully saturated rings. The SMILES string of the molecule is CNc1nc(-c2cccc(OC)c2F)ncc1F. The molecule has 2 aromatic rings. The van der Waals surface area contributed by atoms with Crippen molar-refractivity contribution in [1.29, 1.82) is 0 Å². The minimum absolute atomic E-state index is 0.0159. The highest BCUT2D eigenvalue weighted by molar-refractivity contribution is 5.60. The van der Waals surface area contributed by atoms with Crippen molar-refractivity contribution in [3.8, 4) is 17.1 Å². The average molecular weight is 251 g/mol. The summed E-state index contributed by atoms with van der Waals surface area (Å²) in [7, 11) is 2.89. The van der Waals surface area contributed by atoms with E-state index in [-0.39, 0.29) is 23.0 Å². The van der Waals surface area contributed by atoms with E-state index in [1.807, 2.05) is 0 Å². The molecule has 4 nitrogen and oxygen atoms in total. The first-order valence-electron chi connectivity index (χ1n) is 5.20. The van der Waals surface area contributed by atoms with E-state index in [0.29, 0.717) is 0 Å². The molecule has 0 atom stereocenters. The first-order valence-corrected chi connectivity index (χ1v) is 5.20. The zero-order chi connectivity index (χ0) is 13.1. The highest BCUT2D eigenvalue weighted by Gasteiger charge is 2.14. The maximum atomic E-state index is 14.0. The third-order valence-corrected chi connectivity index (χ3v) is 2.41. The number of hydrogen-bond donors (Lipinski definition) is 1. The summed E-state index contributed by atoms with van der Waals surface area (Å²) >= 11 is 0. The first kappa shape index (κ1) is 12.2. The summed E-state index contributed by atoms with van der Waals surface area (Å²) in [4.78, 5) is 7.68. The molecule has 1 aromatic heterocycles. The zero-order valence-corrected chi connectivity index (χ0v) is 9.87. The van der Waals surface area contributed by atoms with Crippen molar-refractivity contribution in [2.24, 2.45) is 0 Å². The van der Waals surface area contributed by atoms with E-state index in [1.165, 1.54) is 26.3 Å². The molecule has 0 aliphatic carbocycles. The minimum atomic E-state index is -0.593. The Balaban J connectivity index is 2.55. The normalized spacial score (nSPS) is 10.2. The number of halogens is 2. The molecule has 0 saturated carbocycles. The molecule has 1 heterocycles. The van der Waals surface area contributed by atoms with Gasteiger partial charge >= 0.3 is 0 Å². The van der Waals surface area contributed by atoms with Crippen LogP contribution in [0.3, 0.4) is 0 Å². The lowest BCUT2D eigenvalue weighted by atomic mass is 10.2. The molecule has 0 amide bonds. The average Bonchev–Trinajstić information content (AvgIpc) is 2.40. The maximum Gasteiger partial charge on any atom is 0.183 e. The second-order valence-electron chi connectivity index (χ2n) is 3.46. The number of hydrogen-bond acceptors (Lipinski definition) is 4. The fourth-order valence-electron chi connectivity index (χ4n) is 1.51. The van der Waals surface area contributed by atoms with Gasteiger partial charge in [-0.15, -0.1) is 0 Å². The van der Waals surface area contributed by atoms with Crippen LogP contribution in [0.2, 0.25) is 0 Å². The number of nitrogens with one attached hydrogen (secondary N) is 1. The second kappa shape index (κ2) is 4.95. The first-order chi connectivity index (χ1) is 8.67. The van der Waals surface area contributed by atoms with E-state index >= 15 is 0 Å². The summed E-state index contributed by atoms with van der Waals surface area (Å²) in [5.41, 5.74) is 0.158. The predicted molar refractivity (Wildman–Crippen MR) is 63.5 cm³/mol. The zero-order valence-electron chi connectivity index (χ0n) is 9.87. The van der Waals surface area contributed by atoms with E-state index in [0.717, 1.165) is 6.20 Å². The van der Waals surface area contributed by atoms with Crippen LogP contribution in [0.15, 0.2) is 24.4 Å². The van der Waals surface area contributed by atoms with Gasteiger partial charge in [-0.1, -0.05) is 6.07 Å². The number of methoxy groups -OCH3 is 1. The molecule has 0 spiro atoms. The highest BCUT2D eigenvalue weighted by Crippen LogP contribution is 2.27. The Labute approximate surface area is 103 Å². The molecule has 18 heavy (non-hydrogen) atoms. The van der Waals surface area contributed by atoms with Crippen molar-refractivity contribution in [2.75, 3.05) is 19.5 Å². The number of aromatic nitrogens is 2. The third-order valence-electron chi connectivity index (χ3n) is 2.41. The Hall–Kier alpha value is -2.24. The lowest BCUT2D eigenvalue weighted by Gasteiger charge is -2.07. The quantitative estimate of drug-likeness (QED) is 0.910. The summed E-state index contributed by atoms with van der Waals surface area (Å²) in [5.74, 6) is -0.969. The van der Waals surface area contributed by atoms with Gasteiger partial charge in [0.25, 0.3) is 0 Å². The fourth-order valence-corrected chi connectivity index (χ4v) is 1.51. The highest BCUT2D eigenvalue weighted by atomic mass is 19.1. The van der Waals surface area contributed by atoms with Crippen LogP contribution >= 0.6 is 0 Å². The third kappa shape index (κ3) is 2.09. The maximum absolute atomic E-state index is 14.0. The van der Waals surface area contributed by atoms with Gasteiger partial charge in [0.15, 0.2) is 29.0 Å². The van der Waals surface area contributed by atoms with Crippen LogP contribution in [0.1, 0.15) is 0 Å². The summed E-state index contributed by atoms with van der Waals surface area (Å²) < 4.78 is 32.1. The largest absolute Gasteiger partial charge is 0.494 e. The van der Waals surface area contributed by atoms with Crippen molar-refractivity contribution in [3.63, 3.8) is 0 Å². The lowest BCUT2D eigenvalue weighted by molar-refractivity contribution is 0.387. The van der Waals surface area contributed by atoms with Crippen LogP contribution in [0.5, 0.6) is 5.75 Å². The van der Waals surface area contributed by atoms with Crippen molar-refractivity contribution < 1.29 is 13.5 Å². The number of anilines is 1. The molecule has 0 aliphatic heterocycles. The monoisotopic (exact) mass is 251 g/mol. The second-order valence-corrected chi connectivity index (χ2v) is 3.46. The van der Waals surface area contributed by atoms with Gasteiger partial charge < -0.3 is 10.1 Å². The summed E-state index contributed by atoms with van der Waals surface area (Å²) in [6.45, 7) is 0. The van der Waals surface area contributed by atoms with Gasteiger partial charge in [-0.25, -0.2) is 18.7 Å². The Morgan fingerprint density at radius 1 is 1.28 bits per heavy atom. The van der Waals surface area contributed by atoms with Gasteiger partial charge in [0.2, 0.25) is 0 Å². The Morgan fingerprint density at radius 3 is 2.72 bits per heavy atom. The lowest BCUT2D eigenvalue weighted by Crippen LogP contribution is -2.01. The number of benzene rings is 1. The molecular formula is C12H11F2N3O.